The van der Waals surface area contributed by atoms with E-state index in [0.29, 0.717) is 23.3 Å². The van der Waals surface area contributed by atoms with Gasteiger partial charge < -0.3 is 15.2 Å². The fourth-order valence-electron chi connectivity index (χ4n) is 2.62. The second kappa shape index (κ2) is 8.62. The molecule has 0 saturated carbocycles. The Morgan fingerprint density at radius 3 is 2.40 bits per heavy atom. The van der Waals surface area contributed by atoms with Gasteiger partial charge >= 0.3 is 0 Å². The number of halogens is 1. The number of amides is 1. The molecule has 0 bridgehead atoms. The molecule has 2 aromatic rings. The standard InChI is InChI=1S/C20H24FNO3/c1-13(12-16-6-4-5-7-18(16)21)20(24)22-14(2)19(23)15-8-10-17(25-3)11-9-15/h4-11,13-14,19,23H,12H2,1-3H3,(H,22,24). The van der Waals surface area contributed by atoms with Gasteiger partial charge in [-0.15, -0.1) is 0 Å². The van der Waals surface area contributed by atoms with E-state index in [2.05, 4.69) is 5.32 Å². The number of ether oxygens (including phenoxy) is 1. The van der Waals surface area contributed by atoms with Gasteiger partial charge in [-0.3, -0.25) is 4.79 Å². The van der Waals surface area contributed by atoms with E-state index in [9.17, 15) is 14.3 Å². The molecule has 0 aromatic heterocycles. The molecule has 134 valence electrons. The lowest BCUT2D eigenvalue weighted by Gasteiger charge is -2.23. The van der Waals surface area contributed by atoms with Crippen LogP contribution in [0.4, 0.5) is 4.39 Å². The van der Waals surface area contributed by atoms with Crippen LogP contribution in [0.2, 0.25) is 0 Å². The zero-order valence-electron chi connectivity index (χ0n) is 14.7. The molecular formula is C20H24FNO3. The van der Waals surface area contributed by atoms with Crippen molar-refractivity contribution in [2.75, 3.05) is 7.11 Å². The van der Waals surface area contributed by atoms with Crippen LogP contribution in [0.3, 0.4) is 0 Å². The summed E-state index contributed by atoms with van der Waals surface area (Å²) in [6.45, 7) is 3.48. The average molecular weight is 345 g/mol. The van der Waals surface area contributed by atoms with Crippen molar-refractivity contribution >= 4 is 5.91 Å². The van der Waals surface area contributed by atoms with Crippen LogP contribution >= 0.6 is 0 Å². The summed E-state index contributed by atoms with van der Waals surface area (Å²) in [5.74, 6) is -0.231. The van der Waals surface area contributed by atoms with Crippen LogP contribution in [0.15, 0.2) is 48.5 Å². The van der Waals surface area contributed by atoms with Crippen molar-refractivity contribution in [3.63, 3.8) is 0 Å². The zero-order valence-corrected chi connectivity index (χ0v) is 14.7. The van der Waals surface area contributed by atoms with Crippen LogP contribution in [-0.4, -0.2) is 24.2 Å². The maximum atomic E-state index is 13.7. The first kappa shape index (κ1) is 18.9. The molecule has 0 aliphatic carbocycles. The summed E-state index contributed by atoms with van der Waals surface area (Å²) in [6, 6.07) is 13.0. The van der Waals surface area contributed by atoms with Crippen molar-refractivity contribution in [1.29, 1.82) is 0 Å². The Kier molecular flexibility index (Phi) is 6.53. The summed E-state index contributed by atoms with van der Waals surface area (Å²) in [5, 5.41) is 13.2. The predicted molar refractivity (Wildman–Crippen MR) is 94.8 cm³/mol. The highest BCUT2D eigenvalue weighted by molar-refractivity contribution is 5.79. The van der Waals surface area contributed by atoms with Gasteiger partial charge in [-0.05, 0) is 42.7 Å². The second-order valence-electron chi connectivity index (χ2n) is 6.21. The summed E-state index contributed by atoms with van der Waals surface area (Å²) in [6.07, 6.45) is -0.528. The first-order valence-electron chi connectivity index (χ1n) is 8.28. The molecule has 0 heterocycles. The van der Waals surface area contributed by atoms with E-state index in [1.165, 1.54) is 6.07 Å². The highest BCUT2D eigenvalue weighted by Crippen LogP contribution is 2.21. The van der Waals surface area contributed by atoms with E-state index in [1.807, 2.05) is 0 Å². The highest BCUT2D eigenvalue weighted by Gasteiger charge is 2.22. The molecule has 3 atom stereocenters. The van der Waals surface area contributed by atoms with Crippen molar-refractivity contribution in [1.82, 2.24) is 5.32 Å². The normalized spacial score (nSPS) is 14.4. The number of carbonyl (C=O) groups excluding carboxylic acids is 1. The van der Waals surface area contributed by atoms with Gasteiger partial charge in [0.2, 0.25) is 5.91 Å². The summed E-state index contributed by atoms with van der Waals surface area (Å²) >= 11 is 0. The Morgan fingerprint density at radius 1 is 1.16 bits per heavy atom. The molecule has 0 spiro atoms. The number of aliphatic hydroxyl groups excluding tert-OH is 1. The lowest BCUT2D eigenvalue weighted by molar-refractivity contribution is -0.125. The van der Waals surface area contributed by atoms with Crippen molar-refractivity contribution < 1.29 is 19.0 Å². The molecule has 5 heteroatoms. The molecule has 0 fully saturated rings. The number of hydrogen-bond donors (Lipinski definition) is 2. The minimum absolute atomic E-state index is 0.219. The van der Waals surface area contributed by atoms with Gasteiger partial charge in [-0.1, -0.05) is 37.3 Å². The molecule has 0 radical (unpaired) electrons. The number of carbonyl (C=O) groups is 1. The minimum Gasteiger partial charge on any atom is -0.497 e. The van der Waals surface area contributed by atoms with Gasteiger partial charge in [0.25, 0.3) is 0 Å². The van der Waals surface area contributed by atoms with Crippen LogP contribution in [0.1, 0.15) is 31.1 Å². The van der Waals surface area contributed by atoms with Gasteiger partial charge in [0.1, 0.15) is 11.6 Å². The van der Waals surface area contributed by atoms with E-state index in [1.54, 1.807) is 63.4 Å². The third-order valence-corrected chi connectivity index (χ3v) is 4.23. The number of rotatable bonds is 7. The third kappa shape index (κ3) is 5.03. The second-order valence-corrected chi connectivity index (χ2v) is 6.21. The Labute approximate surface area is 147 Å². The smallest absolute Gasteiger partial charge is 0.223 e. The van der Waals surface area contributed by atoms with Gasteiger partial charge in [-0.2, -0.15) is 0 Å². The first-order chi connectivity index (χ1) is 11.9. The maximum absolute atomic E-state index is 13.7. The number of hydrogen-bond acceptors (Lipinski definition) is 3. The molecule has 3 unspecified atom stereocenters. The van der Waals surface area contributed by atoms with Crippen LogP contribution in [-0.2, 0) is 11.2 Å². The number of aliphatic hydroxyl groups is 1. The van der Waals surface area contributed by atoms with Gasteiger partial charge in [0.15, 0.2) is 0 Å². The van der Waals surface area contributed by atoms with E-state index >= 15 is 0 Å². The Balaban J connectivity index is 1.94. The topological polar surface area (TPSA) is 58.6 Å². The zero-order chi connectivity index (χ0) is 18.4. The fourth-order valence-corrected chi connectivity index (χ4v) is 2.62. The number of nitrogens with one attached hydrogen (secondary N) is 1. The van der Waals surface area contributed by atoms with Crippen LogP contribution in [0.5, 0.6) is 5.75 Å². The van der Waals surface area contributed by atoms with Gasteiger partial charge in [0.05, 0.1) is 19.3 Å². The predicted octanol–water partition coefficient (Wildman–Crippen LogP) is 3.25. The monoisotopic (exact) mass is 345 g/mol. The summed E-state index contributed by atoms with van der Waals surface area (Å²) < 4.78 is 18.8. The quantitative estimate of drug-likeness (QED) is 0.810. The number of benzene rings is 2. The molecule has 4 nitrogen and oxygen atoms in total. The maximum Gasteiger partial charge on any atom is 0.223 e. The van der Waals surface area contributed by atoms with Crippen LogP contribution < -0.4 is 10.1 Å². The van der Waals surface area contributed by atoms with E-state index < -0.39 is 18.1 Å². The first-order valence-corrected chi connectivity index (χ1v) is 8.28. The molecule has 2 rings (SSSR count). The minimum atomic E-state index is -0.837. The van der Waals surface area contributed by atoms with E-state index in [0.717, 1.165) is 0 Å². The SMILES string of the molecule is COc1ccc(C(O)C(C)NC(=O)C(C)Cc2ccccc2F)cc1. The molecular weight excluding hydrogens is 321 g/mol. The van der Waals surface area contributed by atoms with Crippen molar-refractivity contribution in [3.8, 4) is 5.75 Å². The van der Waals surface area contributed by atoms with Crippen LogP contribution in [0, 0.1) is 11.7 Å². The summed E-state index contributed by atoms with van der Waals surface area (Å²) in [4.78, 5) is 12.3. The largest absolute Gasteiger partial charge is 0.497 e. The fraction of sp³-hybridized carbons (Fsp3) is 0.350. The molecule has 2 N–H and O–H groups in total. The molecule has 0 aliphatic heterocycles. The van der Waals surface area contributed by atoms with Crippen LogP contribution in [0.25, 0.3) is 0 Å². The molecule has 1 amide bonds. The molecule has 0 saturated heterocycles. The van der Waals surface area contributed by atoms with E-state index in [-0.39, 0.29) is 11.7 Å². The molecule has 25 heavy (non-hydrogen) atoms. The third-order valence-electron chi connectivity index (χ3n) is 4.23. The van der Waals surface area contributed by atoms with Crippen molar-refractivity contribution in [2.45, 2.75) is 32.4 Å². The Bertz CT molecular complexity index is 702. The van der Waals surface area contributed by atoms with Gasteiger partial charge in [-0.25, -0.2) is 4.39 Å². The van der Waals surface area contributed by atoms with E-state index in [4.69, 9.17) is 4.74 Å². The molecule has 0 aliphatic rings. The van der Waals surface area contributed by atoms with Crippen molar-refractivity contribution in [2.24, 2.45) is 5.92 Å². The Hall–Kier alpha value is -2.40. The average Bonchev–Trinajstić information content (AvgIpc) is 2.62. The summed E-state index contributed by atoms with van der Waals surface area (Å²) in [7, 11) is 1.57. The summed E-state index contributed by atoms with van der Waals surface area (Å²) in [5.41, 5.74) is 1.20. The lowest BCUT2D eigenvalue weighted by Crippen LogP contribution is -2.40. The van der Waals surface area contributed by atoms with Crippen molar-refractivity contribution in [3.05, 3.63) is 65.5 Å². The lowest BCUT2D eigenvalue weighted by atomic mass is 9.98. The molecule has 2 aromatic carbocycles. The Morgan fingerprint density at radius 2 is 1.80 bits per heavy atom. The number of methoxy groups -OCH3 is 1. The van der Waals surface area contributed by atoms with Gasteiger partial charge in [0, 0.05) is 5.92 Å². The highest BCUT2D eigenvalue weighted by atomic mass is 19.1.